The lowest BCUT2D eigenvalue weighted by atomic mass is 10.1. The molecule has 1 amide bonds. The summed E-state index contributed by atoms with van der Waals surface area (Å²) in [5, 5.41) is 14.2. The second kappa shape index (κ2) is 11.5. The molecule has 8 nitrogen and oxygen atoms in total. The first-order valence-corrected chi connectivity index (χ1v) is 10.5. The van der Waals surface area contributed by atoms with Crippen molar-refractivity contribution in [3.63, 3.8) is 0 Å². The van der Waals surface area contributed by atoms with Gasteiger partial charge < -0.3 is 19.5 Å². The fraction of sp³-hybridized carbons (Fsp3) is 0.240. The summed E-state index contributed by atoms with van der Waals surface area (Å²) < 4.78 is 16.4. The fourth-order valence-corrected chi connectivity index (χ4v) is 3.22. The van der Waals surface area contributed by atoms with Gasteiger partial charge in [0, 0.05) is 12.6 Å². The van der Waals surface area contributed by atoms with Crippen LogP contribution in [0.4, 0.5) is 5.69 Å². The summed E-state index contributed by atoms with van der Waals surface area (Å²) in [4.78, 5) is 23.5. The summed E-state index contributed by atoms with van der Waals surface area (Å²) >= 11 is 0. The third kappa shape index (κ3) is 6.46. The van der Waals surface area contributed by atoms with Crippen LogP contribution in [-0.2, 0) is 13.0 Å². The number of ether oxygens (including phenoxy) is 3. The van der Waals surface area contributed by atoms with E-state index in [2.05, 4.69) is 5.32 Å². The van der Waals surface area contributed by atoms with Gasteiger partial charge in [-0.3, -0.25) is 14.9 Å². The number of benzene rings is 3. The van der Waals surface area contributed by atoms with Gasteiger partial charge in [0.15, 0.2) is 11.5 Å². The topological polar surface area (TPSA) is 99.9 Å². The Labute approximate surface area is 192 Å². The van der Waals surface area contributed by atoms with Gasteiger partial charge in [-0.15, -0.1) is 0 Å². The van der Waals surface area contributed by atoms with E-state index < -0.39 is 10.8 Å². The van der Waals surface area contributed by atoms with Crippen molar-refractivity contribution in [2.24, 2.45) is 0 Å². The molecule has 8 heteroatoms. The number of amides is 1. The molecule has 0 aromatic heterocycles. The van der Waals surface area contributed by atoms with Crippen LogP contribution in [0.5, 0.6) is 17.2 Å². The largest absolute Gasteiger partial charge is 0.493 e. The predicted molar refractivity (Wildman–Crippen MR) is 124 cm³/mol. The number of hydrogen-bond acceptors (Lipinski definition) is 6. The van der Waals surface area contributed by atoms with E-state index >= 15 is 0 Å². The highest BCUT2D eigenvalue weighted by molar-refractivity contribution is 5.99. The minimum absolute atomic E-state index is 0.0787. The van der Waals surface area contributed by atoms with Crippen LogP contribution >= 0.6 is 0 Å². The molecule has 0 atom stereocenters. The van der Waals surface area contributed by atoms with E-state index in [0.717, 1.165) is 16.9 Å². The molecule has 3 aromatic rings. The zero-order valence-corrected chi connectivity index (χ0v) is 18.6. The first kappa shape index (κ1) is 23.6. The maximum Gasteiger partial charge on any atom is 0.286 e. The molecule has 0 aliphatic rings. The highest BCUT2D eigenvalue weighted by Gasteiger charge is 2.24. The zero-order valence-electron chi connectivity index (χ0n) is 18.6. The lowest BCUT2D eigenvalue weighted by Crippen LogP contribution is -2.26. The number of carbonyl (C=O) groups is 1. The van der Waals surface area contributed by atoms with Crippen LogP contribution in [0.25, 0.3) is 0 Å². The summed E-state index contributed by atoms with van der Waals surface area (Å²) in [6, 6.07) is 20.0. The van der Waals surface area contributed by atoms with Crippen LogP contribution in [0.2, 0.25) is 0 Å². The molecule has 0 aliphatic carbocycles. The van der Waals surface area contributed by atoms with Crippen molar-refractivity contribution in [1.29, 1.82) is 0 Å². The first-order chi connectivity index (χ1) is 16.0. The summed E-state index contributed by atoms with van der Waals surface area (Å²) in [5.41, 5.74) is 1.67. The molecule has 0 fully saturated rings. The molecule has 0 saturated carbocycles. The molecule has 0 heterocycles. The summed E-state index contributed by atoms with van der Waals surface area (Å²) in [6.07, 6.45) is 0.562. The van der Waals surface area contributed by atoms with Crippen LogP contribution in [0.1, 0.15) is 28.4 Å². The van der Waals surface area contributed by atoms with Gasteiger partial charge in [0.25, 0.3) is 11.6 Å². The Hall–Kier alpha value is -4.07. The molecular formula is C25H26N2O6. The van der Waals surface area contributed by atoms with Gasteiger partial charge in [0.05, 0.1) is 24.7 Å². The van der Waals surface area contributed by atoms with E-state index in [9.17, 15) is 14.9 Å². The Kier molecular flexibility index (Phi) is 8.24. The standard InChI is InChI=1S/C25H26N2O6/c1-3-32-24-16-22(27(29)30)21(15-23(24)31-2)25(28)26-14-13-18-9-11-20(12-10-18)33-17-19-7-5-4-6-8-19/h4-12,15-16H,3,13-14,17H2,1-2H3,(H,26,28). The highest BCUT2D eigenvalue weighted by Crippen LogP contribution is 2.34. The molecule has 0 unspecified atom stereocenters. The third-order valence-electron chi connectivity index (χ3n) is 4.89. The fourth-order valence-electron chi connectivity index (χ4n) is 3.22. The molecule has 0 radical (unpaired) electrons. The molecule has 0 bridgehead atoms. The second-order valence-corrected chi connectivity index (χ2v) is 7.13. The van der Waals surface area contributed by atoms with E-state index in [0.29, 0.717) is 26.2 Å². The van der Waals surface area contributed by atoms with Crippen LogP contribution < -0.4 is 19.5 Å². The number of hydrogen-bond donors (Lipinski definition) is 1. The van der Waals surface area contributed by atoms with Gasteiger partial charge in [0.2, 0.25) is 0 Å². The maximum atomic E-state index is 12.6. The number of nitro groups is 1. The Bertz CT molecular complexity index is 1080. The maximum absolute atomic E-state index is 12.6. The summed E-state index contributed by atoms with van der Waals surface area (Å²) in [7, 11) is 1.42. The van der Waals surface area contributed by atoms with E-state index in [1.807, 2.05) is 54.6 Å². The van der Waals surface area contributed by atoms with E-state index in [1.165, 1.54) is 19.2 Å². The molecule has 33 heavy (non-hydrogen) atoms. The van der Waals surface area contributed by atoms with Crippen molar-refractivity contribution in [3.8, 4) is 17.2 Å². The van der Waals surface area contributed by atoms with Crippen molar-refractivity contribution >= 4 is 11.6 Å². The number of nitrogens with one attached hydrogen (secondary N) is 1. The molecule has 0 aliphatic heterocycles. The second-order valence-electron chi connectivity index (χ2n) is 7.13. The van der Waals surface area contributed by atoms with Crippen LogP contribution in [0, 0.1) is 10.1 Å². The Morgan fingerprint density at radius 2 is 1.70 bits per heavy atom. The molecule has 3 rings (SSSR count). The minimum atomic E-state index is -0.606. The minimum Gasteiger partial charge on any atom is -0.493 e. The molecule has 1 N–H and O–H groups in total. The Balaban J connectivity index is 1.58. The number of nitrogens with zero attached hydrogens (tertiary/aromatic N) is 1. The van der Waals surface area contributed by atoms with Gasteiger partial charge in [-0.1, -0.05) is 42.5 Å². The van der Waals surface area contributed by atoms with Gasteiger partial charge in [0.1, 0.15) is 17.9 Å². The van der Waals surface area contributed by atoms with E-state index in [1.54, 1.807) is 6.92 Å². The van der Waals surface area contributed by atoms with E-state index in [4.69, 9.17) is 14.2 Å². The molecule has 0 spiro atoms. The molecule has 3 aromatic carbocycles. The van der Waals surface area contributed by atoms with Gasteiger partial charge in [-0.2, -0.15) is 0 Å². The smallest absolute Gasteiger partial charge is 0.286 e. The molecule has 0 saturated heterocycles. The van der Waals surface area contributed by atoms with Gasteiger partial charge in [-0.05, 0) is 36.6 Å². The lowest BCUT2D eigenvalue weighted by molar-refractivity contribution is -0.385. The van der Waals surface area contributed by atoms with Crippen molar-refractivity contribution in [3.05, 3.63) is 93.5 Å². The van der Waals surface area contributed by atoms with Crippen LogP contribution in [-0.4, -0.2) is 31.1 Å². The summed E-state index contributed by atoms with van der Waals surface area (Å²) in [6.45, 7) is 2.87. The molecular weight excluding hydrogens is 424 g/mol. The molecule has 172 valence electrons. The third-order valence-corrected chi connectivity index (χ3v) is 4.89. The monoisotopic (exact) mass is 450 g/mol. The Morgan fingerprint density at radius 1 is 0.970 bits per heavy atom. The number of nitro benzene ring substituents is 1. The van der Waals surface area contributed by atoms with Crippen molar-refractivity contribution in [1.82, 2.24) is 5.32 Å². The SMILES string of the molecule is CCOc1cc([N+](=O)[O-])c(C(=O)NCCc2ccc(OCc3ccccc3)cc2)cc1OC. The van der Waals surface area contributed by atoms with Crippen LogP contribution in [0.15, 0.2) is 66.7 Å². The number of rotatable bonds is 11. The van der Waals surface area contributed by atoms with Crippen molar-refractivity contribution in [2.75, 3.05) is 20.3 Å². The van der Waals surface area contributed by atoms with Gasteiger partial charge >= 0.3 is 0 Å². The normalized spacial score (nSPS) is 10.4. The quantitative estimate of drug-likeness (QED) is 0.340. The van der Waals surface area contributed by atoms with E-state index in [-0.39, 0.29) is 22.7 Å². The van der Waals surface area contributed by atoms with Crippen molar-refractivity contribution < 1.29 is 23.9 Å². The van der Waals surface area contributed by atoms with Crippen LogP contribution in [0.3, 0.4) is 0 Å². The highest BCUT2D eigenvalue weighted by atomic mass is 16.6. The zero-order chi connectivity index (χ0) is 23.6. The lowest BCUT2D eigenvalue weighted by Gasteiger charge is -2.12. The number of methoxy groups -OCH3 is 1. The average molecular weight is 450 g/mol. The number of carbonyl (C=O) groups excluding carboxylic acids is 1. The van der Waals surface area contributed by atoms with Crippen molar-refractivity contribution in [2.45, 2.75) is 20.0 Å². The predicted octanol–water partition coefficient (Wildman–Crippen LogP) is 4.55. The van der Waals surface area contributed by atoms with Gasteiger partial charge in [-0.25, -0.2) is 0 Å². The first-order valence-electron chi connectivity index (χ1n) is 10.5. The summed E-state index contributed by atoms with van der Waals surface area (Å²) in [5.74, 6) is 0.686. The average Bonchev–Trinajstić information content (AvgIpc) is 2.84. The Morgan fingerprint density at radius 3 is 2.33 bits per heavy atom.